The van der Waals surface area contributed by atoms with Crippen LogP contribution in [0, 0.1) is 0 Å². The van der Waals surface area contributed by atoms with E-state index in [0.29, 0.717) is 0 Å². The number of carbonyl (C=O) groups is 2. The minimum Gasteiger partial charge on any atom is -0.548 e. The third-order valence-electron chi connectivity index (χ3n) is 2.28. The summed E-state index contributed by atoms with van der Waals surface area (Å²) >= 11 is 0. The van der Waals surface area contributed by atoms with Crippen LogP contribution in [-0.2, 0) is 11.2 Å². The molecule has 0 bridgehead atoms. The van der Waals surface area contributed by atoms with Gasteiger partial charge in [-0.3, -0.25) is 0 Å². The van der Waals surface area contributed by atoms with E-state index >= 15 is 0 Å². The van der Waals surface area contributed by atoms with Gasteiger partial charge < -0.3 is 20.5 Å². The summed E-state index contributed by atoms with van der Waals surface area (Å²) < 4.78 is 0. The fourth-order valence-corrected chi connectivity index (χ4v) is 1.42. The maximum absolute atomic E-state index is 11.3. The first kappa shape index (κ1) is 13.8. The summed E-state index contributed by atoms with van der Waals surface area (Å²) in [6.07, 6.45) is 1.69. The van der Waals surface area contributed by atoms with E-state index in [1.54, 1.807) is 24.3 Å². The average Bonchev–Trinajstić information content (AvgIpc) is 2.36. The van der Waals surface area contributed by atoms with E-state index < -0.39 is 18.0 Å². The van der Waals surface area contributed by atoms with Crippen LogP contribution in [0.5, 0.6) is 0 Å². The van der Waals surface area contributed by atoms with Crippen LogP contribution in [0.15, 0.2) is 43.0 Å². The van der Waals surface area contributed by atoms with Gasteiger partial charge in [-0.25, -0.2) is 4.79 Å². The Kier molecular flexibility index (Phi) is 5.44. The van der Waals surface area contributed by atoms with Crippen molar-refractivity contribution in [2.75, 3.05) is 6.54 Å². The van der Waals surface area contributed by atoms with Crippen LogP contribution in [-0.4, -0.2) is 24.6 Å². The number of hydrogen-bond acceptors (Lipinski definition) is 3. The lowest BCUT2D eigenvalue weighted by Crippen LogP contribution is -2.52. The van der Waals surface area contributed by atoms with Gasteiger partial charge in [-0.2, -0.15) is 0 Å². The zero-order valence-corrected chi connectivity index (χ0v) is 9.89. The molecule has 0 saturated carbocycles. The summed E-state index contributed by atoms with van der Waals surface area (Å²) in [4.78, 5) is 22.3. The van der Waals surface area contributed by atoms with Gasteiger partial charge in [-0.15, -0.1) is 6.58 Å². The minimum absolute atomic E-state index is 0.185. The van der Waals surface area contributed by atoms with Gasteiger partial charge in [0.05, 0.1) is 12.0 Å². The van der Waals surface area contributed by atoms with Gasteiger partial charge in [0.1, 0.15) is 0 Å². The third kappa shape index (κ3) is 4.69. The quantitative estimate of drug-likeness (QED) is 0.685. The second-order valence-corrected chi connectivity index (χ2v) is 3.70. The van der Waals surface area contributed by atoms with Gasteiger partial charge in [-0.1, -0.05) is 36.4 Å². The van der Waals surface area contributed by atoms with Gasteiger partial charge in [0.15, 0.2) is 0 Å². The third-order valence-corrected chi connectivity index (χ3v) is 2.28. The van der Waals surface area contributed by atoms with E-state index in [2.05, 4.69) is 17.2 Å². The zero-order valence-electron chi connectivity index (χ0n) is 9.89. The number of carboxylic acids is 1. The SMILES string of the molecule is C=CCNC(=O)N[C@@H](Cc1ccccc1)C(=O)[O-]. The second kappa shape index (κ2) is 7.11. The van der Waals surface area contributed by atoms with Crippen molar-refractivity contribution in [3.05, 3.63) is 48.6 Å². The Morgan fingerprint density at radius 3 is 2.56 bits per heavy atom. The zero-order chi connectivity index (χ0) is 13.4. The van der Waals surface area contributed by atoms with Crippen molar-refractivity contribution in [1.82, 2.24) is 10.6 Å². The molecule has 5 heteroatoms. The van der Waals surface area contributed by atoms with Crippen molar-refractivity contribution >= 4 is 12.0 Å². The summed E-state index contributed by atoms with van der Waals surface area (Å²) in [5, 5.41) is 15.7. The van der Waals surface area contributed by atoms with E-state index in [4.69, 9.17) is 0 Å². The van der Waals surface area contributed by atoms with Crippen LogP contribution in [0.25, 0.3) is 0 Å². The molecule has 0 saturated heterocycles. The molecule has 1 aromatic carbocycles. The first-order valence-corrected chi connectivity index (χ1v) is 5.53. The molecular weight excluding hydrogens is 232 g/mol. The summed E-state index contributed by atoms with van der Waals surface area (Å²) in [6.45, 7) is 3.72. The standard InChI is InChI=1S/C13H16N2O3/c1-2-8-14-13(18)15-11(12(16)17)9-10-6-4-3-5-7-10/h2-7,11H,1,8-9H2,(H,16,17)(H2,14,15,18)/p-1/t11-/m0/s1. The number of benzene rings is 1. The highest BCUT2D eigenvalue weighted by Crippen LogP contribution is 2.02. The average molecular weight is 247 g/mol. The molecule has 18 heavy (non-hydrogen) atoms. The number of carbonyl (C=O) groups excluding carboxylic acids is 2. The first-order valence-electron chi connectivity index (χ1n) is 5.53. The summed E-state index contributed by atoms with van der Waals surface area (Å²) in [5.41, 5.74) is 0.815. The van der Waals surface area contributed by atoms with Crippen molar-refractivity contribution in [3.8, 4) is 0 Å². The van der Waals surface area contributed by atoms with Crippen molar-refractivity contribution in [1.29, 1.82) is 0 Å². The Balaban J connectivity index is 2.58. The Bertz CT molecular complexity index is 418. The molecule has 0 fully saturated rings. The van der Waals surface area contributed by atoms with Gasteiger partial charge in [0.25, 0.3) is 0 Å². The van der Waals surface area contributed by atoms with Crippen LogP contribution in [0.3, 0.4) is 0 Å². The number of nitrogens with one attached hydrogen (secondary N) is 2. The molecule has 2 N–H and O–H groups in total. The van der Waals surface area contributed by atoms with E-state index in [1.165, 1.54) is 6.08 Å². The lowest BCUT2D eigenvalue weighted by Gasteiger charge is -2.19. The molecule has 0 heterocycles. The predicted molar refractivity (Wildman–Crippen MR) is 65.7 cm³/mol. The van der Waals surface area contributed by atoms with Crippen molar-refractivity contribution in [2.24, 2.45) is 0 Å². The topological polar surface area (TPSA) is 81.3 Å². The molecule has 0 aliphatic heterocycles. The van der Waals surface area contributed by atoms with Crippen LogP contribution >= 0.6 is 0 Å². The monoisotopic (exact) mass is 247 g/mol. The smallest absolute Gasteiger partial charge is 0.315 e. The predicted octanol–water partition coefficient (Wildman–Crippen LogP) is -0.167. The lowest BCUT2D eigenvalue weighted by atomic mass is 10.1. The fourth-order valence-electron chi connectivity index (χ4n) is 1.42. The normalized spacial score (nSPS) is 11.3. The maximum atomic E-state index is 11.3. The Labute approximate surface area is 106 Å². The van der Waals surface area contributed by atoms with E-state index in [0.717, 1.165) is 5.56 Å². The van der Waals surface area contributed by atoms with Crippen LogP contribution in [0.4, 0.5) is 4.79 Å². The number of aliphatic carboxylic acids is 1. The van der Waals surface area contributed by atoms with Crippen molar-refractivity contribution in [3.63, 3.8) is 0 Å². The van der Waals surface area contributed by atoms with Crippen LogP contribution in [0.2, 0.25) is 0 Å². The van der Waals surface area contributed by atoms with Gasteiger partial charge in [0.2, 0.25) is 0 Å². The molecule has 0 aliphatic rings. The van der Waals surface area contributed by atoms with Crippen molar-refractivity contribution < 1.29 is 14.7 Å². The number of urea groups is 1. The van der Waals surface area contributed by atoms with Crippen molar-refractivity contribution in [2.45, 2.75) is 12.5 Å². The Hall–Kier alpha value is -2.30. The molecule has 1 aromatic rings. The fraction of sp³-hybridized carbons (Fsp3) is 0.231. The molecule has 1 rings (SSSR count). The first-order chi connectivity index (χ1) is 8.63. The highest BCUT2D eigenvalue weighted by molar-refractivity contribution is 5.81. The molecule has 0 aromatic heterocycles. The molecule has 0 aliphatic carbocycles. The molecule has 0 spiro atoms. The van der Waals surface area contributed by atoms with Gasteiger partial charge >= 0.3 is 6.03 Å². The number of hydrogen-bond donors (Lipinski definition) is 2. The van der Waals surface area contributed by atoms with Crippen LogP contribution in [0.1, 0.15) is 5.56 Å². The molecule has 2 amide bonds. The molecular formula is C13H15N2O3-. The summed E-state index contributed by atoms with van der Waals surface area (Å²) in [5.74, 6) is -1.31. The number of rotatable bonds is 6. The van der Waals surface area contributed by atoms with E-state index in [9.17, 15) is 14.7 Å². The van der Waals surface area contributed by atoms with Crippen LogP contribution < -0.4 is 15.7 Å². The largest absolute Gasteiger partial charge is 0.548 e. The molecule has 5 nitrogen and oxygen atoms in total. The Morgan fingerprint density at radius 1 is 1.33 bits per heavy atom. The second-order valence-electron chi connectivity index (χ2n) is 3.70. The van der Waals surface area contributed by atoms with E-state index in [-0.39, 0.29) is 13.0 Å². The number of amides is 2. The molecule has 1 atom stereocenters. The lowest BCUT2D eigenvalue weighted by molar-refractivity contribution is -0.308. The number of carboxylic acid groups (broad SMARTS) is 1. The summed E-state index contributed by atoms with van der Waals surface area (Å²) in [7, 11) is 0. The maximum Gasteiger partial charge on any atom is 0.315 e. The molecule has 0 unspecified atom stereocenters. The van der Waals surface area contributed by atoms with Gasteiger partial charge in [0, 0.05) is 6.54 Å². The van der Waals surface area contributed by atoms with Gasteiger partial charge in [-0.05, 0) is 12.0 Å². The molecule has 96 valence electrons. The highest BCUT2D eigenvalue weighted by Gasteiger charge is 2.13. The molecule has 0 radical (unpaired) electrons. The van der Waals surface area contributed by atoms with E-state index in [1.807, 2.05) is 6.07 Å². The highest BCUT2D eigenvalue weighted by atomic mass is 16.4. The summed E-state index contributed by atoms with van der Waals surface area (Å²) in [6, 6.07) is 7.41. The Morgan fingerprint density at radius 2 is 2.00 bits per heavy atom. The minimum atomic E-state index is -1.31.